The van der Waals surface area contributed by atoms with E-state index in [1.54, 1.807) is 6.21 Å². The summed E-state index contributed by atoms with van der Waals surface area (Å²) >= 11 is 0.993. The highest BCUT2D eigenvalue weighted by atomic mass is 32.1. The van der Waals surface area contributed by atoms with Crippen molar-refractivity contribution in [3.05, 3.63) is 75.2 Å². The molecule has 0 unspecified atom stereocenters. The minimum atomic E-state index is -4.49. The number of aromatic nitrogens is 3. The van der Waals surface area contributed by atoms with Crippen molar-refractivity contribution in [3.63, 3.8) is 0 Å². The molecule has 13 heteroatoms. The molecule has 0 radical (unpaired) electrons. The van der Waals surface area contributed by atoms with Crippen LogP contribution in [-0.4, -0.2) is 45.8 Å². The molecule has 0 fully saturated rings. The lowest BCUT2D eigenvalue weighted by atomic mass is 9.97. The lowest BCUT2D eigenvalue weighted by molar-refractivity contribution is -0.141. The number of rotatable bonds is 5. The van der Waals surface area contributed by atoms with Gasteiger partial charge in [0.2, 0.25) is 0 Å². The average molecular weight is 548 g/mol. The Balaban J connectivity index is 0.000000181. The van der Waals surface area contributed by atoms with Crippen LogP contribution < -0.4 is 11.2 Å². The van der Waals surface area contributed by atoms with Crippen molar-refractivity contribution in [2.45, 2.75) is 32.6 Å². The Morgan fingerprint density at radius 1 is 1.24 bits per heavy atom. The summed E-state index contributed by atoms with van der Waals surface area (Å²) in [6.07, 6.45) is -0.165. The zero-order valence-electron chi connectivity index (χ0n) is 20.6. The molecule has 38 heavy (non-hydrogen) atoms. The molecule has 4 N–H and O–H groups in total. The Labute approximate surface area is 220 Å². The number of carbonyl (C=O) groups is 1. The predicted octanol–water partition coefficient (Wildman–Crippen LogP) is 4.89. The van der Waals surface area contributed by atoms with Gasteiger partial charge in [0, 0.05) is 29.6 Å². The molecule has 2 aliphatic heterocycles. The van der Waals surface area contributed by atoms with E-state index in [2.05, 4.69) is 44.7 Å². The Kier molecular flexibility index (Phi) is 8.07. The number of amides is 1. The van der Waals surface area contributed by atoms with Crippen LogP contribution >= 0.6 is 11.3 Å². The van der Waals surface area contributed by atoms with E-state index >= 15 is 0 Å². The van der Waals surface area contributed by atoms with Gasteiger partial charge in [0.1, 0.15) is 27.9 Å². The van der Waals surface area contributed by atoms with Crippen molar-refractivity contribution in [3.8, 4) is 10.7 Å². The Morgan fingerprint density at radius 2 is 2.00 bits per heavy atom. The second-order valence-electron chi connectivity index (χ2n) is 8.68. The number of fused-ring (bicyclic) bond motifs is 1. The van der Waals surface area contributed by atoms with Crippen LogP contribution in [0.3, 0.4) is 0 Å². The van der Waals surface area contributed by atoms with Gasteiger partial charge in [-0.2, -0.15) is 23.4 Å². The number of thiazole rings is 1. The van der Waals surface area contributed by atoms with Crippen LogP contribution in [0.25, 0.3) is 16.3 Å². The normalized spacial score (nSPS) is 16.6. The van der Waals surface area contributed by atoms with Gasteiger partial charge in [-0.25, -0.2) is 9.37 Å². The summed E-state index contributed by atoms with van der Waals surface area (Å²) in [5.41, 5.74) is 11.7. The summed E-state index contributed by atoms with van der Waals surface area (Å²) in [4.78, 5) is 16.8. The SMILES string of the molecule is CC/C=C(\C(F)=C1\C=NNC1)c1ccc2c(c1)CN(C)C2.NC(=O)c1csc(-c2cc(C(F)(F)F)[nH]n2)n1. The number of aromatic amines is 1. The average Bonchev–Trinajstić information content (AvgIpc) is 3.67. The van der Waals surface area contributed by atoms with Gasteiger partial charge in [0.15, 0.2) is 0 Å². The maximum absolute atomic E-state index is 14.7. The maximum Gasteiger partial charge on any atom is 0.432 e. The zero-order valence-corrected chi connectivity index (χ0v) is 21.4. The highest BCUT2D eigenvalue weighted by Gasteiger charge is 2.33. The number of halogens is 4. The predicted molar refractivity (Wildman–Crippen MR) is 138 cm³/mol. The minimum Gasteiger partial charge on any atom is -0.364 e. The van der Waals surface area contributed by atoms with E-state index in [-0.39, 0.29) is 22.2 Å². The van der Waals surface area contributed by atoms with Gasteiger partial charge in [-0.05, 0) is 42.3 Å². The molecule has 2 aromatic heterocycles. The lowest BCUT2D eigenvalue weighted by Gasteiger charge is -2.09. The summed E-state index contributed by atoms with van der Waals surface area (Å²) in [6, 6.07) is 7.10. The fourth-order valence-electron chi connectivity index (χ4n) is 3.96. The van der Waals surface area contributed by atoms with Crippen LogP contribution in [0.5, 0.6) is 0 Å². The second-order valence-corrected chi connectivity index (χ2v) is 9.54. The van der Waals surface area contributed by atoms with E-state index in [1.807, 2.05) is 24.2 Å². The van der Waals surface area contributed by atoms with Gasteiger partial charge in [0.05, 0.1) is 12.8 Å². The summed E-state index contributed by atoms with van der Waals surface area (Å²) in [7, 11) is 2.10. The van der Waals surface area contributed by atoms with Gasteiger partial charge >= 0.3 is 6.18 Å². The molecule has 0 saturated carbocycles. The molecule has 2 aliphatic rings. The number of nitrogens with one attached hydrogen (secondary N) is 2. The Hall–Kier alpha value is -3.84. The van der Waals surface area contributed by atoms with E-state index < -0.39 is 17.8 Å². The lowest BCUT2D eigenvalue weighted by Crippen LogP contribution is -2.10. The van der Waals surface area contributed by atoms with Gasteiger partial charge in [-0.15, -0.1) is 11.3 Å². The van der Waals surface area contributed by atoms with Crippen LogP contribution in [0.4, 0.5) is 17.6 Å². The van der Waals surface area contributed by atoms with Gasteiger partial charge in [0.25, 0.3) is 5.91 Å². The molecule has 0 atom stereocenters. The monoisotopic (exact) mass is 547 g/mol. The molecule has 3 aromatic rings. The molecule has 8 nitrogen and oxygen atoms in total. The third-order valence-corrected chi connectivity index (χ3v) is 6.63. The largest absolute Gasteiger partial charge is 0.432 e. The number of alkyl halides is 3. The number of hydrogen-bond acceptors (Lipinski definition) is 7. The quantitative estimate of drug-likeness (QED) is 0.394. The number of primary amides is 1. The van der Waals surface area contributed by atoms with Crippen molar-refractivity contribution >= 4 is 29.0 Å². The third kappa shape index (κ3) is 6.17. The highest BCUT2D eigenvalue weighted by Crippen LogP contribution is 2.32. The Bertz CT molecular complexity index is 1420. The van der Waals surface area contributed by atoms with Gasteiger partial charge in [-0.1, -0.05) is 25.1 Å². The van der Waals surface area contributed by atoms with E-state index in [1.165, 1.54) is 16.5 Å². The van der Waals surface area contributed by atoms with E-state index in [4.69, 9.17) is 5.73 Å². The number of nitrogens with two attached hydrogens (primary N) is 1. The van der Waals surface area contributed by atoms with E-state index in [9.17, 15) is 22.4 Å². The first-order chi connectivity index (χ1) is 18.1. The molecule has 0 aliphatic carbocycles. The number of H-pyrrole nitrogens is 1. The first-order valence-corrected chi connectivity index (χ1v) is 12.5. The summed E-state index contributed by atoms with van der Waals surface area (Å²) < 4.78 is 51.6. The van der Waals surface area contributed by atoms with Crippen molar-refractivity contribution in [2.75, 3.05) is 13.6 Å². The number of carbonyl (C=O) groups excluding carboxylic acids is 1. The molecule has 200 valence electrons. The van der Waals surface area contributed by atoms with Crippen LogP contribution in [-0.2, 0) is 19.3 Å². The number of allylic oxidation sites excluding steroid dienone is 3. The van der Waals surface area contributed by atoms with Crippen molar-refractivity contribution in [2.24, 2.45) is 10.8 Å². The highest BCUT2D eigenvalue weighted by molar-refractivity contribution is 7.13. The van der Waals surface area contributed by atoms with E-state index in [0.717, 1.165) is 42.5 Å². The van der Waals surface area contributed by atoms with Gasteiger partial charge < -0.3 is 11.2 Å². The number of nitrogens with zero attached hydrogens (tertiary/aromatic N) is 4. The summed E-state index contributed by atoms with van der Waals surface area (Å²) in [5, 5.41) is 10.8. The molecular weight excluding hydrogens is 522 g/mol. The molecule has 1 amide bonds. The van der Waals surface area contributed by atoms with Crippen molar-refractivity contribution < 1.29 is 22.4 Å². The third-order valence-electron chi connectivity index (χ3n) is 5.76. The molecule has 4 heterocycles. The smallest absolute Gasteiger partial charge is 0.364 e. The molecule has 0 spiro atoms. The maximum atomic E-state index is 14.7. The summed E-state index contributed by atoms with van der Waals surface area (Å²) in [5.74, 6) is -0.906. The fraction of sp³-hybridized carbons (Fsp3) is 0.280. The van der Waals surface area contributed by atoms with Crippen LogP contribution in [0, 0.1) is 0 Å². The van der Waals surface area contributed by atoms with Crippen LogP contribution in [0.2, 0.25) is 0 Å². The zero-order chi connectivity index (χ0) is 27.4. The van der Waals surface area contributed by atoms with Crippen molar-refractivity contribution in [1.82, 2.24) is 25.5 Å². The van der Waals surface area contributed by atoms with Gasteiger partial charge in [-0.3, -0.25) is 14.8 Å². The molecule has 5 rings (SSSR count). The van der Waals surface area contributed by atoms with Crippen LogP contribution in [0.1, 0.15) is 46.2 Å². The first kappa shape index (κ1) is 27.2. The second kappa shape index (κ2) is 11.3. The Morgan fingerprint density at radius 3 is 2.61 bits per heavy atom. The molecule has 1 aromatic carbocycles. The summed E-state index contributed by atoms with van der Waals surface area (Å²) in [6.45, 7) is 4.40. The van der Waals surface area contributed by atoms with E-state index in [0.29, 0.717) is 17.7 Å². The number of benzene rings is 1. The first-order valence-electron chi connectivity index (χ1n) is 11.6. The van der Waals surface area contributed by atoms with Crippen LogP contribution in [0.15, 0.2) is 52.2 Å². The molecule has 0 saturated heterocycles. The van der Waals surface area contributed by atoms with Crippen molar-refractivity contribution in [1.29, 1.82) is 0 Å². The standard InChI is InChI=1S/C17H20FN3.C8H5F3N4OS/c1-3-4-16(17(18)15-8-19-20-9-15)12-5-6-13-10-21(2)11-14(13)7-12;9-8(10,11)5-1-3(14-15-5)7-13-4(2-17-7)6(12)16/h4-8,20H,3,9-11H2,1-2H3;1-2H,(H2,12,16)(H,14,15)/b16-4-,17-15+;. The molecule has 0 bridgehead atoms. The molecular formula is C25H25F4N7OS. The topological polar surface area (TPSA) is 112 Å². The number of hydrazone groups is 1. The number of hydrogen-bond donors (Lipinski definition) is 3. The fourth-order valence-corrected chi connectivity index (χ4v) is 4.73. The minimum absolute atomic E-state index is 0.00144.